The number of nitrogens with one attached hydrogen (secondary N) is 1. The first kappa shape index (κ1) is 15.8. The molecule has 3 aromatic heterocycles. The van der Waals surface area contributed by atoms with Gasteiger partial charge in [-0.15, -0.1) is 0 Å². The van der Waals surface area contributed by atoms with Gasteiger partial charge in [-0.3, -0.25) is 14.0 Å². The van der Waals surface area contributed by atoms with Gasteiger partial charge >= 0.3 is 0 Å². The fourth-order valence-corrected chi connectivity index (χ4v) is 2.68. The molecule has 1 N–H and O–H groups in total. The molecule has 0 atom stereocenters. The Morgan fingerprint density at radius 3 is 2.69 bits per heavy atom. The van der Waals surface area contributed by atoms with Crippen LogP contribution in [-0.2, 0) is 6.54 Å². The summed E-state index contributed by atoms with van der Waals surface area (Å²) in [6.07, 6.45) is 2.88. The molecule has 26 heavy (non-hydrogen) atoms. The van der Waals surface area contributed by atoms with Gasteiger partial charge < -0.3 is 9.73 Å². The fourth-order valence-electron chi connectivity index (χ4n) is 2.68. The summed E-state index contributed by atoms with van der Waals surface area (Å²) in [4.78, 5) is 28.9. The molecular formula is C20H15N3O3. The van der Waals surface area contributed by atoms with E-state index in [9.17, 15) is 9.59 Å². The normalized spacial score (nSPS) is 10.8. The lowest BCUT2D eigenvalue weighted by Crippen LogP contribution is -2.31. The number of amides is 1. The lowest BCUT2D eigenvalue weighted by Gasteiger charge is -2.05. The van der Waals surface area contributed by atoms with Crippen LogP contribution in [0.5, 0.6) is 0 Å². The number of fused-ring (bicyclic) bond motifs is 1. The molecule has 0 fully saturated rings. The predicted molar refractivity (Wildman–Crippen MR) is 96.8 cm³/mol. The Morgan fingerprint density at radius 1 is 1.04 bits per heavy atom. The number of pyridine rings is 1. The average molecular weight is 345 g/mol. The molecule has 0 aliphatic heterocycles. The molecule has 6 heteroatoms. The van der Waals surface area contributed by atoms with Gasteiger partial charge in [0.25, 0.3) is 11.5 Å². The highest BCUT2D eigenvalue weighted by Crippen LogP contribution is 2.21. The zero-order chi connectivity index (χ0) is 17.9. The number of aromatic nitrogens is 2. The smallest absolute Gasteiger partial charge is 0.270 e. The van der Waals surface area contributed by atoms with Gasteiger partial charge in [-0.1, -0.05) is 36.4 Å². The first-order chi connectivity index (χ1) is 12.7. The Morgan fingerprint density at radius 2 is 1.85 bits per heavy atom. The number of hydrogen-bond donors (Lipinski definition) is 1. The Bertz CT molecular complexity index is 1130. The van der Waals surface area contributed by atoms with E-state index in [0.29, 0.717) is 11.4 Å². The molecule has 0 unspecified atom stereocenters. The Kier molecular flexibility index (Phi) is 4.07. The second kappa shape index (κ2) is 6.68. The van der Waals surface area contributed by atoms with E-state index in [1.165, 1.54) is 10.6 Å². The van der Waals surface area contributed by atoms with E-state index in [4.69, 9.17) is 4.42 Å². The molecule has 6 nitrogen and oxygen atoms in total. The van der Waals surface area contributed by atoms with Gasteiger partial charge in [-0.25, -0.2) is 4.98 Å². The SMILES string of the molecule is O=C(NCc1ccc(-c2ccccc2)o1)c1cnc2ccccn2c1=O. The molecule has 3 heterocycles. The molecule has 128 valence electrons. The predicted octanol–water partition coefficient (Wildman–Crippen LogP) is 2.88. The summed E-state index contributed by atoms with van der Waals surface area (Å²) in [5, 5.41) is 2.70. The van der Waals surface area contributed by atoms with E-state index in [2.05, 4.69) is 10.3 Å². The Labute approximate surface area is 148 Å². The van der Waals surface area contributed by atoms with Gasteiger partial charge in [-0.05, 0) is 24.3 Å². The van der Waals surface area contributed by atoms with Gasteiger partial charge in [0.1, 0.15) is 22.7 Å². The van der Waals surface area contributed by atoms with Crippen molar-refractivity contribution >= 4 is 11.6 Å². The monoisotopic (exact) mass is 345 g/mol. The maximum atomic E-state index is 12.4. The largest absolute Gasteiger partial charge is 0.459 e. The summed E-state index contributed by atoms with van der Waals surface area (Å²) in [6, 6.07) is 18.5. The summed E-state index contributed by atoms with van der Waals surface area (Å²) < 4.78 is 7.09. The van der Waals surface area contributed by atoms with Crippen molar-refractivity contribution in [3.63, 3.8) is 0 Å². The highest BCUT2D eigenvalue weighted by molar-refractivity contribution is 5.93. The molecule has 0 saturated carbocycles. The molecule has 0 spiro atoms. The quantitative estimate of drug-likeness (QED) is 0.617. The molecule has 0 saturated heterocycles. The number of nitrogens with zero attached hydrogens (tertiary/aromatic N) is 2. The van der Waals surface area contributed by atoms with Crippen LogP contribution >= 0.6 is 0 Å². The molecule has 4 aromatic rings. The van der Waals surface area contributed by atoms with Crippen LogP contribution in [0.4, 0.5) is 0 Å². The van der Waals surface area contributed by atoms with Crippen molar-refractivity contribution < 1.29 is 9.21 Å². The second-order valence-corrected chi connectivity index (χ2v) is 5.72. The average Bonchev–Trinajstić information content (AvgIpc) is 3.16. The van der Waals surface area contributed by atoms with Crippen LogP contribution in [-0.4, -0.2) is 15.3 Å². The molecule has 1 amide bonds. The first-order valence-corrected chi connectivity index (χ1v) is 8.11. The van der Waals surface area contributed by atoms with Crippen LogP contribution in [0.1, 0.15) is 16.1 Å². The number of benzene rings is 1. The molecule has 0 radical (unpaired) electrons. The number of furan rings is 1. The zero-order valence-electron chi connectivity index (χ0n) is 13.8. The van der Waals surface area contributed by atoms with E-state index < -0.39 is 11.5 Å². The summed E-state index contributed by atoms with van der Waals surface area (Å²) in [7, 11) is 0. The second-order valence-electron chi connectivity index (χ2n) is 5.72. The summed E-state index contributed by atoms with van der Waals surface area (Å²) in [5.41, 5.74) is 1.04. The van der Waals surface area contributed by atoms with Crippen molar-refractivity contribution in [3.8, 4) is 11.3 Å². The molecule has 0 bridgehead atoms. The molecule has 0 aliphatic rings. The van der Waals surface area contributed by atoms with Crippen LogP contribution in [0, 0.1) is 0 Å². The number of carbonyl (C=O) groups excluding carboxylic acids is 1. The van der Waals surface area contributed by atoms with Crippen molar-refractivity contribution in [2.24, 2.45) is 0 Å². The minimum Gasteiger partial charge on any atom is -0.459 e. The minimum atomic E-state index is -0.488. The van der Waals surface area contributed by atoms with Gasteiger partial charge in [0.15, 0.2) is 0 Å². The number of carbonyl (C=O) groups is 1. The van der Waals surface area contributed by atoms with Crippen molar-refractivity contribution in [3.05, 3.63) is 94.7 Å². The van der Waals surface area contributed by atoms with E-state index in [-0.39, 0.29) is 12.1 Å². The third-order valence-electron chi connectivity index (χ3n) is 4.00. The molecule has 1 aromatic carbocycles. The Balaban J connectivity index is 1.50. The van der Waals surface area contributed by atoms with Crippen LogP contribution < -0.4 is 10.9 Å². The van der Waals surface area contributed by atoms with Gasteiger partial charge in [-0.2, -0.15) is 0 Å². The van der Waals surface area contributed by atoms with Crippen LogP contribution in [0.25, 0.3) is 17.0 Å². The van der Waals surface area contributed by atoms with E-state index in [1.54, 1.807) is 30.5 Å². The van der Waals surface area contributed by atoms with Crippen molar-refractivity contribution in [1.82, 2.24) is 14.7 Å². The van der Waals surface area contributed by atoms with Crippen molar-refractivity contribution in [2.45, 2.75) is 6.54 Å². The maximum Gasteiger partial charge on any atom is 0.270 e. The van der Waals surface area contributed by atoms with E-state index in [0.717, 1.165) is 11.3 Å². The van der Waals surface area contributed by atoms with Gasteiger partial charge in [0, 0.05) is 18.0 Å². The molecular weight excluding hydrogens is 330 g/mol. The standard InChI is InChI=1S/C20H15N3O3/c24-19(16-13-21-18-8-4-5-11-23(18)20(16)25)22-12-15-9-10-17(26-15)14-6-2-1-3-7-14/h1-11,13H,12H2,(H,22,24). The minimum absolute atomic E-state index is 0.0106. The highest BCUT2D eigenvalue weighted by atomic mass is 16.3. The lowest BCUT2D eigenvalue weighted by atomic mass is 10.2. The number of hydrogen-bond acceptors (Lipinski definition) is 4. The molecule has 4 rings (SSSR count). The van der Waals surface area contributed by atoms with Gasteiger partial charge in [0.05, 0.1) is 6.54 Å². The van der Waals surface area contributed by atoms with Gasteiger partial charge in [0.2, 0.25) is 0 Å². The maximum absolute atomic E-state index is 12.4. The third-order valence-corrected chi connectivity index (χ3v) is 4.00. The summed E-state index contributed by atoms with van der Waals surface area (Å²) in [5.74, 6) is 0.840. The van der Waals surface area contributed by atoms with E-state index in [1.807, 2.05) is 36.4 Å². The molecule has 0 aliphatic carbocycles. The fraction of sp³-hybridized carbons (Fsp3) is 0.0500. The van der Waals surface area contributed by atoms with Crippen LogP contribution in [0.3, 0.4) is 0 Å². The third kappa shape index (κ3) is 3.00. The first-order valence-electron chi connectivity index (χ1n) is 8.11. The summed E-state index contributed by atoms with van der Waals surface area (Å²) >= 11 is 0. The Hall–Kier alpha value is -3.67. The highest BCUT2D eigenvalue weighted by Gasteiger charge is 2.13. The summed E-state index contributed by atoms with van der Waals surface area (Å²) in [6.45, 7) is 0.183. The van der Waals surface area contributed by atoms with Crippen LogP contribution in [0.2, 0.25) is 0 Å². The topological polar surface area (TPSA) is 76.6 Å². The van der Waals surface area contributed by atoms with Crippen LogP contribution in [0.15, 0.2) is 82.3 Å². The number of rotatable bonds is 4. The zero-order valence-corrected chi connectivity index (χ0v) is 13.8. The lowest BCUT2D eigenvalue weighted by molar-refractivity contribution is 0.0946. The van der Waals surface area contributed by atoms with Crippen molar-refractivity contribution in [1.29, 1.82) is 0 Å². The van der Waals surface area contributed by atoms with E-state index >= 15 is 0 Å². The van der Waals surface area contributed by atoms with Crippen molar-refractivity contribution in [2.75, 3.05) is 0 Å².